The predicted octanol–water partition coefficient (Wildman–Crippen LogP) is 4.23. The van der Waals surface area contributed by atoms with E-state index in [1.807, 2.05) is 0 Å². The van der Waals surface area contributed by atoms with Gasteiger partial charge in [0, 0.05) is 17.8 Å². The van der Waals surface area contributed by atoms with E-state index in [1.165, 1.54) is 6.20 Å². The minimum atomic E-state index is -0.474. The van der Waals surface area contributed by atoms with Gasteiger partial charge in [-0.1, -0.05) is 35.3 Å². The molecule has 0 aliphatic carbocycles. The first-order valence-corrected chi connectivity index (χ1v) is 9.16. The number of pyridine rings is 2. The molecule has 0 fully saturated rings. The van der Waals surface area contributed by atoms with Crippen molar-refractivity contribution in [3.8, 4) is 0 Å². The molecule has 1 aromatic carbocycles. The zero-order chi connectivity index (χ0) is 18.8. The van der Waals surface area contributed by atoms with Crippen LogP contribution in [0.25, 0.3) is 10.9 Å². The third-order valence-corrected chi connectivity index (χ3v) is 4.75. The van der Waals surface area contributed by atoms with Crippen LogP contribution < -0.4 is 10.7 Å². The fraction of sp³-hybridized carbons (Fsp3) is 0.111. The Hall–Kier alpha value is -0.786. The Balaban J connectivity index is 0.00000261. The van der Waals surface area contributed by atoms with Gasteiger partial charge >= 0.3 is 32.7 Å². The van der Waals surface area contributed by atoms with E-state index in [9.17, 15) is 9.59 Å². The minimum Gasteiger partial charge on any atom is -0.374 e. The number of nitrogens with zero attached hydrogens (tertiary/aromatic N) is 2. The van der Waals surface area contributed by atoms with E-state index in [2.05, 4.69) is 33.2 Å². The fourth-order valence-corrected chi connectivity index (χ4v) is 3.50. The van der Waals surface area contributed by atoms with Crippen molar-refractivity contribution < 1.29 is 37.5 Å². The van der Waals surface area contributed by atoms with E-state index < -0.39 is 11.3 Å². The molecule has 9 heteroatoms. The second kappa shape index (κ2) is 9.61. The Kier molecular flexibility index (Phi) is 8.01. The zero-order valence-electron chi connectivity index (χ0n) is 14.0. The Bertz CT molecular complexity index is 1060. The van der Waals surface area contributed by atoms with Crippen LogP contribution in [0.3, 0.4) is 0 Å². The molecule has 0 aliphatic rings. The van der Waals surface area contributed by atoms with Crippen LogP contribution in [0.15, 0.2) is 45.9 Å². The molecular weight excluding hydrogens is 530 g/mol. The van der Waals surface area contributed by atoms with E-state index >= 15 is 0 Å². The van der Waals surface area contributed by atoms with Crippen molar-refractivity contribution in [2.75, 3.05) is 0 Å². The second-order valence-corrected chi connectivity index (χ2v) is 7.11. The molecule has 2 heterocycles. The number of halogens is 3. The topological polar surface area (TPSA) is 64.0 Å². The SMILES string of the molecule is [CH2-]Cn1cc(C(=O)NCc2ccc(Cl)cc2)c(=O)c2cc(Br)nc(Cl)c21.[Y+3]. The number of fused-ring (bicyclic) bond motifs is 1. The van der Waals surface area contributed by atoms with Crippen LogP contribution >= 0.6 is 39.1 Å². The number of rotatable bonds is 4. The minimum absolute atomic E-state index is 0. The molecule has 0 saturated heterocycles. The molecule has 0 atom stereocenters. The molecule has 1 amide bonds. The summed E-state index contributed by atoms with van der Waals surface area (Å²) >= 11 is 15.2. The number of carbonyl (C=O) groups excluding carboxylic acids is 1. The van der Waals surface area contributed by atoms with E-state index in [4.69, 9.17) is 23.2 Å². The van der Waals surface area contributed by atoms with Crippen LogP contribution in [0.1, 0.15) is 15.9 Å². The smallest absolute Gasteiger partial charge is 0.374 e. The molecule has 0 radical (unpaired) electrons. The van der Waals surface area contributed by atoms with Crippen molar-refractivity contribution in [3.63, 3.8) is 0 Å². The van der Waals surface area contributed by atoms with Gasteiger partial charge in [0.15, 0.2) is 5.15 Å². The molecule has 0 unspecified atom stereocenters. The quantitative estimate of drug-likeness (QED) is 0.396. The number of aromatic nitrogens is 2. The average molecular weight is 543 g/mol. The maximum absolute atomic E-state index is 12.8. The van der Waals surface area contributed by atoms with E-state index in [1.54, 1.807) is 34.9 Å². The van der Waals surface area contributed by atoms with Crippen molar-refractivity contribution in [3.05, 3.63) is 79.6 Å². The van der Waals surface area contributed by atoms with Crippen molar-refractivity contribution >= 4 is 55.9 Å². The van der Waals surface area contributed by atoms with E-state index in [0.717, 1.165) is 5.56 Å². The van der Waals surface area contributed by atoms with Gasteiger partial charge in [0.1, 0.15) is 10.2 Å². The van der Waals surface area contributed by atoms with Gasteiger partial charge in [-0.25, -0.2) is 4.98 Å². The molecule has 0 bridgehead atoms. The van der Waals surface area contributed by atoms with Gasteiger partial charge in [0.2, 0.25) is 5.43 Å². The third-order valence-electron chi connectivity index (χ3n) is 3.83. The van der Waals surface area contributed by atoms with Gasteiger partial charge in [-0.2, -0.15) is 0 Å². The van der Waals surface area contributed by atoms with Gasteiger partial charge in [-0.05, 0) is 39.7 Å². The van der Waals surface area contributed by atoms with Crippen molar-refractivity contribution in [2.45, 2.75) is 13.1 Å². The maximum atomic E-state index is 12.8. The molecule has 134 valence electrons. The van der Waals surface area contributed by atoms with Crippen molar-refractivity contribution in [1.82, 2.24) is 14.9 Å². The van der Waals surface area contributed by atoms with Crippen molar-refractivity contribution in [2.24, 2.45) is 0 Å². The molecule has 1 N–H and O–H groups in total. The molecule has 3 aromatic rings. The molecule has 3 rings (SSSR count). The first kappa shape index (κ1) is 22.5. The van der Waals surface area contributed by atoms with Gasteiger partial charge in [0.05, 0.1) is 10.9 Å². The first-order valence-electron chi connectivity index (χ1n) is 7.61. The first-order chi connectivity index (χ1) is 12.4. The molecule has 5 nitrogen and oxygen atoms in total. The Labute approximate surface area is 199 Å². The van der Waals surface area contributed by atoms with Gasteiger partial charge < -0.3 is 16.8 Å². The standard InChI is InChI=1S/C18H13BrCl2N3O2.Y/c1-2-24-9-13(16(25)12-7-14(19)23-17(21)15(12)24)18(26)22-8-10-3-5-11(20)6-4-10;/h3-7,9H,1-2,8H2,(H,22,26);/q-1;+3. The molecule has 0 spiro atoms. The van der Waals surface area contributed by atoms with Crippen LogP contribution in [-0.2, 0) is 45.8 Å². The molecule has 2 aromatic heterocycles. The summed E-state index contributed by atoms with van der Waals surface area (Å²) in [6.45, 7) is 4.39. The number of hydrogen-bond acceptors (Lipinski definition) is 3. The maximum Gasteiger partial charge on any atom is 3.00 e. The van der Waals surface area contributed by atoms with E-state index in [-0.39, 0.29) is 56.5 Å². The van der Waals surface area contributed by atoms with Crippen LogP contribution in [0.2, 0.25) is 10.2 Å². The summed E-state index contributed by atoms with van der Waals surface area (Å²) in [6.07, 6.45) is 1.45. The molecule has 27 heavy (non-hydrogen) atoms. The molecular formula is C18H13BrCl2N3O2Y+2. The normalized spacial score (nSPS) is 10.5. The average Bonchev–Trinajstić information content (AvgIpc) is 2.61. The molecule has 0 saturated carbocycles. The predicted molar refractivity (Wildman–Crippen MR) is 107 cm³/mol. The van der Waals surface area contributed by atoms with Crippen molar-refractivity contribution in [1.29, 1.82) is 0 Å². The summed E-state index contributed by atoms with van der Waals surface area (Å²) in [4.78, 5) is 29.4. The summed E-state index contributed by atoms with van der Waals surface area (Å²) in [5.41, 5.74) is 0.924. The van der Waals surface area contributed by atoms with Gasteiger partial charge in [-0.15, -0.1) is 6.54 Å². The Morgan fingerprint density at radius 2 is 1.93 bits per heavy atom. The Morgan fingerprint density at radius 1 is 1.26 bits per heavy atom. The number of nitrogens with one attached hydrogen (secondary N) is 1. The largest absolute Gasteiger partial charge is 3.00 e. The van der Waals surface area contributed by atoms with Crippen LogP contribution in [0, 0.1) is 6.92 Å². The van der Waals surface area contributed by atoms with Crippen LogP contribution in [-0.4, -0.2) is 15.5 Å². The summed E-state index contributed by atoms with van der Waals surface area (Å²) in [7, 11) is 0. The van der Waals surface area contributed by atoms with Crippen LogP contribution in [0.5, 0.6) is 0 Å². The summed E-state index contributed by atoms with van der Waals surface area (Å²) < 4.78 is 2.05. The van der Waals surface area contributed by atoms with E-state index in [0.29, 0.717) is 20.5 Å². The number of amides is 1. The molecule has 0 aliphatic heterocycles. The summed E-state index contributed by atoms with van der Waals surface area (Å²) in [6, 6.07) is 8.63. The monoisotopic (exact) mass is 541 g/mol. The second-order valence-electron chi connectivity index (χ2n) is 5.51. The van der Waals surface area contributed by atoms with Gasteiger partial charge in [-0.3, -0.25) is 9.59 Å². The van der Waals surface area contributed by atoms with Gasteiger partial charge in [0.25, 0.3) is 5.91 Å². The number of carbonyl (C=O) groups is 1. The number of benzene rings is 1. The third kappa shape index (κ3) is 4.98. The number of hydrogen-bond donors (Lipinski definition) is 1. The summed E-state index contributed by atoms with van der Waals surface area (Å²) in [5, 5.41) is 3.83. The Morgan fingerprint density at radius 3 is 2.56 bits per heavy atom. The summed E-state index contributed by atoms with van der Waals surface area (Å²) in [5.74, 6) is -0.474. The zero-order valence-corrected chi connectivity index (χ0v) is 19.9. The fourth-order valence-electron chi connectivity index (χ4n) is 2.57. The van der Waals surface area contributed by atoms with Crippen LogP contribution in [0.4, 0.5) is 0 Å².